The molecule has 0 bridgehead atoms. The Balaban J connectivity index is 3.80. The molecule has 0 amide bonds. The Labute approximate surface area is 92.5 Å². The minimum Gasteiger partial charge on any atom is -0.377 e. The number of rotatable bonds is 9. The molecule has 0 aliphatic carbocycles. The van der Waals surface area contributed by atoms with Crippen LogP contribution in [0.5, 0.6) is 0 Å². The van der Waals surface area contributed by atoms with Gasteiger partial charge in [-0.15, -0.1) is 0 Å². The van der Waals surface area contributed by atoms with E-state index >= 15 is 0 Å². The van der Waals surface area contributed by atoms with Gasteiger partial charge in [0.05, 0.1) is 6.61 Å². The van der Waals surface area contributed by atoms with Gasteiger partial charge in [-0.3, -0.25) is 0 Å². The fraction of sp³-hybridized carbons (Fsp3) is 0.778. The van der Waals surface area contributed by atoms with E-state index in [-0.39, 0.29) is 0 Å². The fourth-order valence-electron chi connectivity index (χ4n) is 0.983. The first-order chi connectivity index (χ1) is 7.24. The van der Waals surface area contributed by atoms with E-state index in [1.807, 2.05) is 6.08 Å². The second-order valence-corrected chi connectivity index (χ2v) is 5.60. The van der Waals surface area contributed by atoms with Crippen molar-refractivity contribution in [2.75, 3.05) is 41.1 Å². The van der Waals surface area contributed by atoms with E-state index in [1.165, 1.54) is 0 Å². The average molecular weight is 235 g/mol. The second-order valence-electron chi connectivity index (χ2n) is 2.84. The molecule has 0 unspecified atom stereocenters. The zero-order valence-corrected chi connectivity index (χ0v) is 10.7. The first kappa shape index (κ1) is 14.8. The van der Waals surface area contributed by atoms with Crippen LogP contribution in [-0.2, 0) is 18.0 Å². The molecule has 0 rings (SSSR count). The van der Waals surface area contributed by atoms with Gasteiger partial charge >= 0.3 is 8.80 Å². The third kappa shape index (κ3) is 6.03. The largest absolute Gasteiger partial charge is 0.528 e. The van der Waals surface area contributed by atoms with Crippen molar-refractivity contribution in [3.63, 3.8) is 0 Å². The summed E-state index contributed by atoms with van der Waals surface area (Å²) < 4.78 is 20.9. The molecular formula is C9H21NO4Si. The van der Waals surface area contributed by atoms with E-state index < -0.39 is 8.80 Å². The van der Waals surface area contributed by atoms with Gasteiger partial charge in [0.15, 0.2) is 0 Å². The molecule has 0 heterocycles. The lowest BCUT2D eigenvalue weighted by atomic mass is 10.5. The van der Waals surface area contributed by atoms with Crippen molar-refractivity contribution >= 4 is 8.80 Å². The van der Waals surface area contributed by atoms with Crippen LogP contribution in [0.15, 0.2) is 11.8 Å². The Hall–Kier alpha value is -0.243. The molecule has 0 aromatic heterocycles. The van der Waals surface area contributed by atoms with Crippen LogP contribution in [0.1, 0.15) is 6.42 Å². The van der Waals surface area contributed by atoms with E-state index in [1.54, 1.807) is 27.0 Å². The maximum absolute atomic E-state index is 5.33. The van der Waals surface area contributed by atoms with Gasteiger partial charge in [-0.25, -0.2) is 0 Å². The number of ether oxygens (including phenoxy) is 1. The lowest BCUT2D eigenvalue weighted by molar-refractivity contribution is 0.136. The van der Waals surface area contributed by atoms with Crippen LogP contribution < -0.4 is 5.73 Å². The molecule has 0 fully saturated rings. The standard InChI is InChI=1S/C9H21NO4Si/c1-11-15(12-2,13-3)9-5-8-14-7-4-6-10/h5,9H,4,6-8,10H2,1-3H3. The molecule has 0 spiro atoms. The summed E-state index contributed by atoms with van der Waals surface area (Å²) in [7, 11) is 2.13. The van der Waals surface area contributed by atoms with Crippen LogP contribution >= 0.6 is 0 Å². The number of hydrogen-bond acceptors (Lipinski definition) is 5. The van der Waals surface area contributed by atoms with Gasteiger partial charge in [-0.05, 0) is 18.7 Å². The molecule has 0 saturated heterocycles. The van der Waals surface area contributed by atoms with Gasteiger partial charge in [0.25, 0.3) is 0 Å². The lowest BCUT2D eigenvalue weighted by Crippen LogP contribution is -2.41. The van der Waals surface area contributed by atoms with Crippen LogP contribution in [-0.4, -0.2) is 49.9 Å². The first-order valence-corrected chi connectivity index (χ1v) is 6.66. The molecule has 15 heavy (non-hydrogen) atoms. The SMILES string of the molecule is CO[Si](C=CCOCCCN)(OC)OC. The maximum atomic E-state index is 5.33. The Morgan fingerprint density at radius 2 is 1.73 bits per heavy atom. The molecule has 90 valence electrons. The molecule has 0 radical (unpaired) electrons. The monoisotopic (exact) mass is 235 g/mol. The molecular weight excluding hydrogens is 214 g/mol. The summed E-state index contributed by atoms with van der Waals surface area (Å²) in [6.07, 6.45) is 2.72. The lowest BCUT2D eigenvalue weighted by Gasteiger charge is -2.20. The minimum atomic E-state index is -2.57. The molecule has 5 nitrogen and oxygen atoms in total. The average Bonchev–Trinajstić information content (AvgIpc) is 2.29. The highest BCUT2D eigenvalue weighted by Crippen LogP contribution is 2.07. The summed E-state index contributed by atoms with van der Waals surface area (Å²) in [5.41, 5.74) is 7.13. The molecule has 0 aliphatic heterocycles. The molecule has 0 aliphatic rings. The molecule has 6 heteroatoms. The predicted octanol–water partition coefficient (Wildman–Crippen LogP) is 0.325. The van der Waals surface area contributed by atoms with Gasteiger partial charge in [0.2, 0.25) is 0 Å². The summed E-state index contributed by atoms with van der Waals surface area (Å²) >= 11 is 0. The topological polar surface area (TPSA) is 62.9 Å². The van der Waals surface area contributed by atoms with Gasteiger partial charge in [0.1, 0.15) is 0 Å². The number of hydrogen-bond donors (Lipinski definition) is 1. The molecule has 2 N–H and O–H groups in total. The Morgan fingerprint density at radius 3 is 2.20 bits per heavy atom. The minimum absolute atomic E-state index is 0.519. The van der Waals surface area contributed by atoms with Crippen LogP contribution in [0, 0.1) is 0 Å². The fourth-order valence-corrected chi connectivity index (χ4v) is 2.28. The highest BCUT2D eigenvalue weighted by atomic mass is 28.4. The second kappa shape index (κ2) is 9.02. The third-order valence-electron chi connectivity index (χ3n) is 1.88. The summed E-state index contributed by atoms with van der Waals surface area (Å²) in [5, 5.41) is 0. The third-order valence-corrected chi connectivity index (χ3v) is 4.23. The van der Waals surface area contributed by atoms with Crippen LogP contribution in [0.25, 0.3) is 0 Å². The molecule has 0 aromatic rings. The molecule has 0 saturated carbocycles. The van der Waals surface area contributed by atoms with E-state index in [2.05, 4.69) is 0 Å². The maximum Gasteiger partial charge on any atom is 0.528 e. The highest BCUT2D eigenvalue weighted by molar-refractivity contribution is 6.66. The summed E-state index contributed by atoms with van der Waals surface area (Å²) in [6, 6.07) is 0. The van der Waals surface area contributed by atoms with Crippen molar-refractivity contribution < 1.29 is 18.0 Å². The zero-order valence-electron chi connectivity index (χ0n) is 9.69. The van der Waals surface area contributed by atoms with E-state index in [0.29, 0.717) is 19.8 Å². The normalized spacial score (nSPS) is 12.5. The first-order valence-electron chi connectivity index (χ1n) is 4.85. The number of nitrogens with two attached hydrogens (primary N) is 1. The van der Waals surface area contributed by atoms with Gasteiger partial charge in [0, 0.05) is 27.9 Å². The Kier molecular flexibility index (Phi) is 8.87. The Morgan fingerprint density at radius 1 is 1.13 bits per heavy atom. The predicted molar refractivity (Wildman–Crippen MR) is 60.4 cm³/mol. The van der Waals surface area contributed by atoms with Crippen molar-refractivity contribution in [1.82, 2.24) is 0 Å². The quantitative estimate of drug-likeness (QED) is 0.461. The highest BCUT2D eigenvalue weighted by Gasteiger charge is 2.34. The molecule has 0 aromatic carbocycles. The van der Waals surface area contributed by atoms with Crippen molar-refractivity contribution in [2.24, 2.45) is 5.73 Å². The van der Waals surface area contributed by atoms with Crippen molar-refractivity contribution in [3.05, 3.63) is 11.8 Å². The van der Waals surface area contributed by atoms with Crippen molar-refractivity contribution in [1.29, 1.82) is 0 Å². The van der Waals surface area contributed by atoms with Crippen molar-refractivity contribution in [3.8, 4) is 0 Å². The van der Waals surface area contributed by atoms with Gasteiger partial charge in [-0.2, -0.15) is 0 Å². The van der Waals surface area contributed by atoms with Gasteiger partial charge < -0.3 is 23.7 Å². The van der Waals surface area contributed by atoms with Gasteiger partial charge in [-0.1, -0.05) is 6.08 Å². The zero-order chi connectivity index (χ0) is 11.6. The van der Waals surface area contributed by atoms with Crippen LogP contribution in [0.2, 0.25) is 0 Å². The van der Waals surface area contributed by atoms with E-state index in [9.17, 15) is 0 Å². The summed E-state index contributed by atoms with van der Waals surface area (Å²) in [6.45, 7) is 1.84. The smallest absolute Gasteiger partial charge is 0.377 e. The van der Waals surface area contributed by atoms with Crippen LogP contribution in [0.3, 0.4) is 0 Å². The van der Waals surface area contributed by atoms with E-state index in [4.69, 9.17) is 23.7 Å². The van der Waals surface area contributed by atoms with Crippen LogP contribution in [0.4, 0.5) is 0 Å². The van der Waals surface area contributed by atoms with Crippen molar-refractivity contribution in [2.45, 2.75) is 6.42 Å². The summed E-state index contributed by atoms with van der Waals surface area (Å²) in [4.78, 5) is 0. The molecule has 0 atom stereocenters. The Bertz CT molecular complexity index is 165. The van der Waals surface area contributed by atoms with E-state index in [0.717, 1.165) is 6.42 Å². The summed E-state index contributed by atoms with van der Waals surface area (Å²) in [5.74, 6) is 0.